The second-order valence-electron chi connectivity index (χ2n) is 3.61. The summed E-state index contributed by atoms with van der Waals surface area (Å²) in [5.74, 6) is -0.895. The minimum absolute atomic E-state index is 0. The third kappa shape index (κ3) is 6.07. The van der Waals surface area contributed by atoms with Crippen molar-refractivity contribution in [3.8, 4) is 0 Å². The topological polar surface area (TPSA) is 64.0 Å². The molecule has 1 heterocycles. The van der Waals surface area contributed by atoms with Crippen molar-refractivity contribution in [1.82, 2.24) is 9.80 Å². The van der Waals surface area contributed by atoms with Crippen LogP contribution in [0.25, 0.3) is 0 Å². The van der Waals surface area contributed by atoms with Crippen LogP contribution in [0.3, 0.4) is 0 Å². The summed E-state index contributed by atoms with van der Waals surface area (Å²) in [4.78, 5) is 14.6. The summed E-state index contributed by atoms with van der Waals surface area (Å²) in [6, 6.07) is 0. The molecule has 1 aliphatic rings. The maximum Gasteiger partial charge on any atom is 0.328 e. The van der Waals surface area contributed by atoms with Gasteiger partial charge in [-0.25, -0.2) is 4.79 Å². The van der Waals surface area contributed by atoms with E-state index in [4.69, 9.17) is 10.2 Å². The van der Waals surface area contributed by atoms with Crippen LogP contribution in [0.5, 0.6) is 0 Å². The monoisotopic (exact) mass is 250 g/mol. The molecule has 0 aliphatic carbocycles. The number of β-amino-alcohol motifs (C(OH)–C–C–N with tert-alkyl or cyclic N) is 1. The molecule has 0 aromatic heterocycles. The highest BCUT2D eigenvalue weighted by molar-refractivity contribution is 5.85. The molecule has 0 bridgehead atoms. The van der Waals surface area contributed by atoms with Crippen LogP contribution in [-0.4, -0.2) is 71.9 Å². The molecule has 1 fully saturated rings. The Balaban J connectivity index is 0.00000225. The van der Waals surface area contributed by atoms with Crippen molar-refractivity contribution in [1.29, 1.82) is 0 Å². The van der Waals surface area contributed by atoms with Crippen molar-refractivity contribution < 1.29 is 15.0 Å². The van der Waals surface area contributed by atoms with E-state index in [-0.39, 0.29) is 19.0 Å². The molecular formula is C10H19ClN2O3. The van der Waals surface area contributed by atoms with Crippen LogP contribution in [0, 0.1) is 0 Å². The van der Waals surface area contributed by atoms with Gasteiger partial charge in [-0.05, 0) is 0 Å². The predicted octanol–water partition coefficient (Wildman–Crippen LogP) is -0.341. The molecule has 5 nitrogen and oxygen atoms in total. The highest BCUT2D eigenvalue weighted by atomic mass is 35.5. The Kier molecular flexibility index (Phi) is 8.19. The number of hydrogen-bond donors (Lipinski definition) is 2. The van der Waals surface area contributed by atoms with E-state index in [2.05, 4.69) is 9.80 Å². The lowest BCUT2D eigenvalue weighted by Crippen LogP contribution is -2.47. The number of piperazine rings is 1. The van der Waals surface area contributed by atoms with Crippen LogP contribution in [-0.2, 0) is 4.79 Å². The molecule has 0 atom stereocenters. The first-order valence-corrected chi connectivity index (χ1v) is 5.17. The van der Waals surface area contributed by atoms with Crippen molar-refractivity contribution in [2.45, 2.75) is 0 Å². The van der Waals surface area contributed by atoms with Crippen molar-refractivity contribution in [3.63, 3.8) is 0 Å². The molecule has 0 aromatic rings. The van der Waals surface area contributed by atoms with Gasteiger partial charge in [0.25, 0.3) is 0 Å². The molecule has 1 saturated heterocycles. The summed E-state index contributed by atoms with van der Waals surface area (Å²) in [7, 11) is 0. The highest BCUT2D eigenvalue weighted by Gasteiger charge is 2.14. The zero-order chi connectivity index (χ0) is 11.1. The van der Waals surface area contributed by atoms with Gasteiger partial charge in [-0.3, -0.25) is 9.80 Å². The summed E-state index contributed by atoms with van der Waals surface area (Å²) in [6.45, 7) is 5.40. The molecule has 2 N–H and O–H groups in total. The Hall–Kier alpha value is -0.620. The van der Waals surface area contributed by atoms with Gasteiger partial charge in [-0.2, -0.15) is 0 Å². The van der Waals surface area contributed by atoms with Gasteiger partial charge < -0.3 is 10.2 Å². The Morgan fingerprint density at radius 3 is 2.25 bits per heavy atom. The third-order valence-electron chi connectivity index (χ3n) is 2.51. The SMILES string of the molecule is Cl.O=C(O)/C=C/CN1CCN(CCO)CC1. The molecule has 0 unspecified atom stereocenters. The molecule has 1 rings (SSSR count). The van der Waals surface area contributed by atoms with E-state index < -0.39 is 5.97 Å². The molecule has 0 spiro atoms. The van der Waals surface area contributed by atoms with Crippen molar-refractivity contribution in [2.24, 2.45) is 0 Å². The first-order valence-electron chi connectivity index (χ1n) is 5.17. The second-order valence-corrected chi connectivity index (χ2v) is 3.61. The van der Waals surface area contributed by atoms with E-state index >= 15 is 0 Å². The lowest BCUT2D eigenvalue weighted by molar-refractivity contribution is -0.131. The third-order valence-corrected chi connectivity index (χ3v) is 2.51. The standard InChI is InChI=1S/C10H18N2O3.ClH/c13-9-8-12-6-4-11(5-7-12)3-1-2-10(14)15;/h1-2,13H,3-9H2,(H,14,15);1H/b2-1+;. The number of halogens is 1. The van der Waals surface area contributed by atoms with Crippen molar-refractivity contribution in [2.75, 3.05) is 45.9 Å². The summed E-state index contributed by atoms with van der Waals surface area (Å²) < 4.78 is 0. The molecule has 0 saturated carbocycles. The van der Waals surface area contributed by atoms with Crippen LogP contribution in [0.2, 0.25) is 0 Å². The maximum atomic E-state index is 10.2. The number of carbonyl (C=O) groups is 1. The molecule has 6 heteroatoms. The summed E-state index contributed by atoms with van der Waals surface area (Å²) >= 11 is 0. The molecule has 0 radical (unpaired) electrons. The van der Waals surface area contributed by atoms with E-state index in [0.717, 1.165) is 32.7 Å². The van der Waals surface area contributed by atoms with E-state index in [0.29, 0.717) is 6.54 Å². The maximum absolute atomic E-state index is 10.2. The number of carboxylic acids is 1. The van der Waals surface area contributed by atoms with E-state index in [9.17, 15) is 4.79 Å². The summed E-state index contributed by atoms with van der Waals surface area (Å²) in [5, 5.41) is 17.2. The molecular weight excluding hydrogens is 232 g/mol. The Labute approximate surface area is 102 Å². The van der Waals surface area contributed by atoms with Gasteiger partial charge in [-0.15, -0.1) is 12.4 Å². The fraction of sp³-hybridized carbons (Fsp3) is 0.700. The Bertz CT molecular complexity index is 228. The van der Waals surface area contributed by atoms with Crippen molar-refractivity contribution in [3.05, 3.63) is 12.2 Å². The lowest BCUT2D eigenvalue weighted by Gasteiger charge is -2.33. The number of aliphatic carboxylic acids is 1. The summed E-state index contributed by atoms with van der Waals surface area (Å²) in [5.41, 5.74) is 0. The molecule has 1 aliphatic heterocycles. The lowest BCUT2D eigenvalue weighted by atomic mass is 10.3. The van der Waals surface area contributed by atoms with Crippen LogP contribution >= 0.6 is 12.4 Å². The number of carboxylic acid groups (broad SMARTS) is 1. The Morgan fingerprint density at radius 2 is 1.75 bits per heavy atom. The van der Waals surface area contributed by atoms with E-state index in [1.54, 1.807) is 6.08 Å². The average Bonchev–Trinajstić information content (AvgIpc) is 2.20. The van der Waals surface area contributed by atoms with Crippen LogP contribution in [0.4, 0.5) is 0 Å². The number of aliphatic hydroxyl groups is 1. The summed E-state index contributed by atoms with van der Waals surface area (Å²) in [6.07, 6.45) is 2.85. The first kappa shape index (κ1) is 15.4. The largest absolute Gasteiger partial charge is 0.478 e. The van der Waals surface area contributed by atoms with E-state index in [1.807, 2.05) is 0 Å². The fourth-order valence-corrected chi connectivity index (χ4v) is 1.64. The number of hydrogen-bond acceptors (Lipinski definition) is 4. The van der Waals surface area contributed by atoms with Gasteiger partial charge >= 0.3 is 5.97 Å². The molecule has 0 amide bonds. The normalized spacial score (nSPS) is 18.6. The zero-order valence-corrected chi connectivity index (χ0v) is 10.0. The van der Waals surface area contributed by atoms with Gasteiger partial charge in [0, 0.05) is 45.3 Å². The van der Waals surface area contributed by atoms with Gasteiger partial charge in [-0.1, -0.05) is 6.08 Å². The number of nitrogens with zero attached hydrogens (tertiary/aromatic N) is 2. The van der Waals surface area contributed by atoms with Gasteiger partial charge in [0.05, 0.1) is 6.61 Å². The van der Waals surface area contributed by atoms with Crippen molar-refractivity contribution >= 4 is 18.4 Å². The molecule has 94 valence electrons. The number of rotatable bonds is 5. The molecule has 0 aromatic carbocycles. The fourth-order valence-electron chi connectivity index (χ4n) is 1.64. The predicted molar refractivity (Wildman–Crippen MR) is 64.0 cm³/mol. The number of aliphatic hydroxyl groups excluding tert-OH is 1. The van der Waals surface area contributed by atoms with Gasteiger partial charge in [0.15, 0.2) is 0 Å². The van der Waals surface area contributed by atoms with Crippen LogP contribution < -0.4 is 0 Å². The Morgan fingerprint density at radius 1 is 1.19 bits per heavy atom. The molecule has 16 heavy (non-hydrogen) atoms. The minimum atomic E-state index is -0.895. The quantitative estimate of drug-likeness (QED) is 0.654. The minimum Gasteiger partial charge on any atom is -0.478 e. The highest BCUT2D eigenvalue weighted by Crippen LogP contribution is 2.00. The first-order chi connectivity index (χ1) is 7.22. The van der Waals surface area contributed by atoms with E-state index in [1.165, 1.54) is 6.08 Å². The zero-order valence-electron chi connectivity index (χ0n) is 9.21. The second kappa shape index (κ2) is 8.52. The van der Waals surface area contributed by atoms with Crippen LogP contribution in [0.15, 0.2) is 12.2 Å². The smallest absolute Gasteiger partial charge is 0.328 e. The van der Waals surface area contributed by atoms with Crippen LogP contribution in [0.1, 0.15) is 0 Å². The average molecular weight is 251 g/mol. The van der Waals surface area contributed by atoms with Gasteiger partial charge in [0.1, 0.15) is 0 Å². The van der Waals surface area contributed by atoms with Gasteiger partial charge in [0.2, 0.25) is 0 Å².